The topological polar surface area (TPSA) is 54.0 Å². The van der Waals surface area contributed by atoms with Crippen LogP contribution < -0.4 is 24.6 Å². The van der Waals surface area contributed by atoms with E-state index in [-0.39, 0.29) is 17.9 Å². The molecule has 2 aliphatic heterocycles. The van der Waals surface area contributed by atoms with E-state index in [1.165, 1.54) is 11.3 Å². The van der Waals surface area contributed by atoms with Crippen molar-refractivity contribution in [3.05, 3.63) is 82.9 Å². The van der Waals surface area contributed by atoms with Gasteiger partial charge >= 0.3 is 0 Å². The number of rotatable bonds is 7. The monoisotopic (exact) mass is 505 g/mol. The van der Waals surface area contributed by atoms with Crippen LogP contribution in [0.2, 0.25) is 5.02 Å². The number of benzene rings is 3. The van der Waals surface area contributed by atoms with Crippen LogP contribution >= 0.6 is 11.6 Å². The molecular formula is C29H32ClN3O3. The smallest absolute Gasteiger partial charge is 0.225 e. The zero-order valence-corrected chi connectivity index (χ0v) is 21.5. The van der Waals surface area contributed by atoms with Gasteiger partial charge in [-0.15, -0.1) is 0 Å². The Hall–Kier alpha value is -3.38. The van der Waals surface area contributed by atoms with E-state index < -0.39 is 0 Å². The number of carbonyl (C=O) groups is 1. The number of nitrogens with one attached hydrogen (secondary N) is 1. The third kappa shape index (κ3) is 4.82. The van der Waals surface area contributed by atoms with Gasteiger partial charge in [0.2, 0.25) is 5.91 Å². The van der Waals surface area contributed by atoms with Gasteiger partial charge in [-0.3, -0.25) is 4.79 Å². The van der Waals surface area contributed by atoms with Gasteiger partial charge in [0.25, 0.3) is 0 Å². The summed E-state index contributed by atoms with van der Waals surface area (Å²) in [5.41, 5.74) is 4.53. The Bertz CT molecular complexity index is 1230. The number of ether oxygens (including phenoxy) is 2. The van der Waals surface area contributed by atoms with E-state index in [4.69, 9.17) is 21.1 Å². The highest BCUT2D eigenvalue weighted by molar-refractivity contribution is 6.31. The first-order valence-electron chi connectivity index (χ1n) is 12.4. The predicted octanol–water partition coefficient (Wildman–Crippen LogP) is 4.58. The van der Waals surface area contributed by atoms with Crippen molar-refractivity contribution in [2.24, 2.45) is 5.92 Å². The first kappa shape index (κ1) is 24.3. The van der Waals surface area contributed by atoms with Crippen LogP contribution in [0.3, 0.4) is 0 Å². The first-order valence-corrected chi connectivity index (χ1v) is 12.8. The number of hydrogen-bond donors (Lipinski definition) is 1. The quantitative estimate of drug-likeness (QED) is 0.509. The normalized spacial score (nSPS) is 18.8. The molecule has 3 aromatic carbocycles. The fourth-order valence-corrected chi connectivity index (χ4v) is 5.71. The Balaban J connectivity index is 1.36. The number of nitrogens with zero attached hydrogens (tertiary/aromatic N) is 2. The number of halogens is 1. The highest BCUT2D eigenvalue weighted by Gasteiger charge is 2.41. The summed E-state index contributed by atoms with van der Waals surface area (Å²) in [6.07, 6.45) is 1.44. The highest BCUT2D eigenvalue weighted by atomic mass is 35.5. The molecule has 1 fully saturated rings. The Kier molecular flexibility index (Phi) is 7.23. The molecule has 5 rings (SSSR count). The van der Waals surface area contributed by atoms with Crippen molar-refractivity contribution in [3.8, 4) is 11.5 Å². The summed E-state index contributed by atoms with van der Waals surface area (Å²) >= 11 is 6.34. The zero-order chi connectivity index (χ0) is 25.1. The van der Waals surface area contributed by atoms with Gasteiger partial charge in [-0.05, 0) is 54.3 Å². The minimum Gasteiger partial charge on any atom is -0.496 e. The van der Waals surface area contributed by atoms with Gasteiger partial charge < -0.3 is 24.6 Å². The van der Waals surface area contributed by atoms with Gasteiger partial charge in [-0.2, -0.15) is 0 Å². The molecule has 1 saturated heterocycles. The van der Waals surface area contributed by atoms with Crippen molar-refractivity contribution in [1.82, 2.24) is 5.32 Å². The maximum absolute atomic E-state index is 13.6. The minimum absolute atomic E-state index is 0.0450. The molecule has 2 heterocycles. The van der Waals surface area contributed by atoms with E-state index in [1.54, 1.807) is 14.2 Å². The van der Waals surface area contributed by atoms with Crippen LogP contribution in [0.25, 0.3) is 0 Å². The number of hydrogen-bond acceptors (Lipinski definition) is 5. The largest absolute Gasteiger partial charge is 0.496 e. The molecule has 6 nitrogen and oxygen atoms in total. The molecule has 7 heteroatoms. The second-order valence-corrected chi connectivity index (χ2v) is 9.75. The highest BCUT2D eigenvalue weighted by Crippen LogP contribution is 2.39. The summed E-state index contributed by atoms with van der Waals surface area (Å²) in [5, 5.41) is 3.89. The van der Waals surface area contributed by atoms with Crippen LogP contribution in [0, 0.1) is 5.92 Å². The Morgan fingerprint density at radius 3 is 2.58 bits per heavy atom. The molecule has 0 spiro atoms. The number of anilines is 2. The van der Waals surface area contributed by atoms with Crippen LogP contribution in [0.15, 0.2) is 66.7 Å². The molecule has 0 aromatic heterocycles. The Labute approximate surface area is 217 Å². The molecule has 0 aliphatic carbocycles. The molecule has 0 bridgehead atoms. The molecule has 3 aromatic rings. The summed E-state index contributed by atoms with van der Waals surface area (Å²) in [5.74, 6) is 1.57. The summed E-state index contributed by atoms with van der Waals surface area (Å²) in [6, 6.07) is 22.2. The molecule has 2 aliphatic rings. The number of carbonyl (C=O) groups excluding carboxylic acids is 1. The van der Waals surface area contributed by atoms with E-state index in [0.717, 1.165) is 55.2 Å². The van der Waals surface area contributed by atoms with E-state index >= 15 is 0 Å². The third-order valence-corrected chi connectivity index (χ3v) is 7.56. The maximum Gasteiger partial charge on any atom is 0.225 e. The molecule has 0 unspecified atom stereocenters. The number of methoxy groups -OCH3 is 2. The molecule has 36 heavy (non-hydrogen) atoms. The van der Waals surface area contributed by atoms with Crippen LogP contribution in [-0.4, -0.2) is 52.3 Å². The van der Waals surface area contributed by atoms with Gasteiger partial charge in [-0.25, -0.2) is 0 Å². The summed E-state index contributed by atoms with van der Waals surface area (Å²) in [6.45, 7) is 2.93. The minimum atomic E-state index is -0.162. The average Bonchev–Trinajstić information content (AvgIpc) is 2.92. The van der Waals surface area contributed by atoms with Crippen molar-refractivity contribution in [2.75, 3.05) is 50.2 Å². The average molecular weight is 506 g/mol. The third-order valence-electron chi connectivity index (χ3n) is 7.33. The lowest BCUT2D eigenvalue weighted by atomic mass is 9.83. The van der Waals surface area contributed by atoms with Crippen LogP contribution in [-0.2, 0) is 17.6 Å². The molecule has 0 radical (unpaired) electrons. The molecule has 0 saturated carbocycles. The number of para-hydroxylation sites is 2. The lowest BCUT2D eigenvalue weighted by molar-refractivity contribution is -0.125. The van der Waals surface area contributed by atoms with Crippen molar-refractivity contribution >= 4 is 28.9 Å². The molecule has 2 atom stereocenters. The van der Waals surface area contributed by atoms with Gasteiger partial charge in [-0.1, -0.05) is 48.0 Å². The summed E-state index contributed by atoms with van der Waals surface area (Å²) in [4.78, 5) is 18.3. The zero-order valence-electron chi connectivity index (χ0n) is 20.7. The fourth-order valence-electron chi connectivity index (χ4n) is 5.55. The van der Waals surface area contributed by atoms with Crippen molar-refractivity contribution < 1.29 is 14.3 Å². The lowest BCUT2D eigenvalue weighted by Gasteiger charge is -2.49. The van der Waals surface area contributed by atoms with Crippen LogP contribution in [0.4, 0.5) is 11.4 Å². The molecule has 1 amide bonds. The number of amides is 1. The Morgan fingerprint density at radius 2 is 1.75 bits per heavy atom. The van der Waals surface area contributed by atoms with Crippen LogP contribution in [0.5, 0.6) is 11.5 Å². The first-order chi connectivity index (χ1) is 17.6. The molecule has 1 N–H and O–H groups in total. The summed E-state index contributed by atoms with van der Waals surface area (Å²) < 4.78 is 11.1. The van der Waals surface area contributed by atoms with Crippen molar-refractivity contribution in [2.45, 2.75) is 18.9 Å². The number of piperazine rings is 1. The van der Waals surface area contributed by atoms with Gasteiger partial charge in [0.05, 0.1) is 31.9 Å². The standard InChI is InChI=1S/C29H32ClN3O3/c1-35-27-10-6-4-7-20(27)13-14-31-29(34)23-17-21-8-3-5-9-24(21)33-16-15-32(19-26(23)33)25-18-22(30)11-12-28(25)36-2/h3-12,18,23,26H,13-17,19H2,1-2H3,(H,31,34)/t23-,26+/m1/s1. The predicted molar refractivity (Wildman–Crippen MR) is 145 cm³/mol. The van der Waals surface area contributed by atoms with E-state index in [2.05, 4.69) is 39.4 Å². The summed E-state index contributed by atoms with van der Waals surface area (Å²) in [7, 11) is 3.35. The van der Waals surface area contributed by atoms with Gasteiger partial charge in [0.15, 0.2) is 0 Å². The van der Waals surface area contributed by atoms with E-state index in [9.17, 15) is 4.79 Å². The molecule has 188 valence electrons. The SMILES string of the molecule is COc1ccccc1CCNC(=O)[C@@H]1Cc2ccccc2N2CCN(c3cc(Cl)ccc3OC)C[C@@H]12. The van der Waals surface area contributed by atoms with Crippen molar-refractivity contribution in [1.29, 1.82) is 0 Å². The fraction of sp³-hybridized carbons (Fsp3) is 0.345. The van der Waals surface area contributed by atoms with Gasteiger partial charge in [0.1, 0.15) is 11.5 Å². The molecular weight excluding hydrogens is 474 g/mol. The lowest BCUT2D eigenvalue weighted by Crippen LogP contribution is -2.61. The second kappa shape index (κ2) is 10.7. The maximum atomic E-state index is 13.6. The number of fused-ring (bicyclic) bond motifs is 3. The Morgan fingerprint density at radius 1 is 0.972 bits per heavy atom. The van der Waals surface area contributed by atoms with Crippen LogP contribution in [0.1, 0.15) is 11.1 Å². The van der Waals surface area contributed by atoms with Gasteiger partial charge in [0, 0.05) is 36.9 Å². The van der Waals surface area contributed by atoms with E-state index in [1.807, 2.05) is 42.5 Å². The second-order valence-electron chi connectivity index (χ2n) is 9.32. The van der Waals surface area contributed by atoms with Crippen molar-refractivity contribution in [3.63, 3.8) is 0 Å². The van der Waals surface area contributed by atoms with E-state index in [0.29, 0.717) is 11.6 Å².